The third-order valence-electron chi connectivity index (χ3n) is 4.21. The summed E-state index contributed by atoms with van der Waals surface area (Å²) in [4.78, 5) is 2.56. The van der Waals surface area contributed by atoms with Crippen molar-refractivity contribution in [2.45, 2.75) is 32.3 Å². The molecular formula is C12H22BrNO. The van der Waals surface area contributed by atoms with Gasteiger partial charge < -0.3 is 10.0 Å². The number of hydrogen-bond donors (Lipinski definition) is 1. The standard InChI is InChI=1S/C12H22BrNO/c1-2-9(5-13)6-14-7-10-3-4-12(15)11(10)8-14/h9-12,15H,2-8H2,1H3. The minimum absolute atomic E-state index is 0.0101. The van der Waals surface area contributed by atoms with E-state index >= 15 is 0 Å². The van der Waals surface area contributed by atoms with Gasteiger partial charge in [-0.05, 0) is 24.7 Å². The maximum absolute atomic E-state index is 9.83. The summed E-state index contributed by atoms with van der Waals surface area (Å²) >= 11 is 3.58. The average Bonchev–Trinajstić information content (AvgIpc) is 2.78. The van der Waals surface area contributed by atoms with Crippen LogP contribution in [0.5, 0.6) is 0 Å². The predicted molar refractivity (Wildman–Crippen MR) is 66.2 cm³/mol. The van der Waals surface area contributed by atoms with Gasteiger partial charge in [-0.1, -0.05) is 29.3 Å². The molecule has 1 saturated heterocycles. The van der Waals surface area contributed by atoms with E-state index in [4.69, 9.17) is 0 Å². The van der Waals surface area contributed by atoms with Gasteiger partial charge in [0.05, 0.1) is 6.10 Å². The SMILES string of the molecule is CCC(CBr)CN1CC2CCC(O)C2C1. The summed E-state index contributed by atoms with van der Waals surface area (Å²) in [6, 6.07) is 0. The van der Waals surface area contributed by atoms with E-state index in [1.807, 2.05) is 0 Å². The highest BCUT2D eigenvalue weighted by molar-refractivity contribution is 9.09. The highest BCUT2D eigenvalue weighted by atomic mass is 79.9. The Morgan fingerprint density at radius 2 is 2.20 bits per heavy atom. The molecule has 2 aliphatic rings. The van der Waals surface area contributed by atoms with Crippen LogP contribution in [0, 0.1) is 17.8 Å². The van der Waals surface area contributed by atoms with Crippen LogP contribution >= 0.6 is 15.9 Å². The van der Waals surface area contributed by atoms with Gasteiger partial charge in [0.2, 0.25) is 0 Å². The van der Waals surface area contributed by atoms with Crippen LogP contribution in [0.3, 0.4) is 0 Å². The molecule has 2 fully saturated rings. The first-order chi connectivity index (χ1) is 7.24. The second-order valence-electron chi connectivity index (χ2n) is 5.22. The van der Waals surface area contributed by atoms with Crippen molar-refractivity contribution in [3.8, 4) is 0 Å². The molecule has 0 aromatic carbocycles. The van der Waals surface area contributed by atoms with Gasteiger partial charge in [-0.2, -0.15) is 0 Å². The van der Waals surface area contributed by atoms with Crippen molar-refractivity contribution in [1.82, 2.24) is 4.90 Å². The van der Waals surface area contributed by atoms with Crippen LogP contribution in [0.15, 0.2) is 0 Å². The number of rotatable bonds is 4. The third-order valence-corrected chi connectivity index (χ3v) is 5.12. The van der Waals surface area contributed by atoms with Crippen molar-refractivity contribution in [2.24, 2.45) is 17.8 Å². The van der Waals surface area contributed by atoms with Gasteiger partial charge in [0, 0.05) is 30.9 Å². The Labute approximate surface area is 101 Å². The van der Waals surface area contributed by atoms with Crippen LogP contribution in [0.4, 0.5) is 0 Å². The Kier molecular flexibility index (Phi) is 4.08. The number of aliphatic hydroxyl groups excluding tert-OH is 1. The number of fused-ring (bicyclic) bond motifs is 1. The molecule has 2 nitrogen and oxygen atoms in total. The molecule has 0 aromatic rings. The lowest BCUT2D eigenvalue weighted by Gasteiger charge is -2.22. The summed E-state index contributed by atoms with van der Waals surface area (Å²) in [6.45, 7) is 5.83. The van der Waals surface area contributed by atoms with Crippen molar-refractivity contribution in [2.75, 3.05) is 25.0 Å². The van der Waals surface area contributed by atoms with Gasteiger partial charge >= 0.3 is 0 Å². The number of likely N-dealkylation sites (tertiary alicyclic amines) is 1. The fourth-order valence-electron chi connectivity index (χ4n) is 3.13. The lowest BCUT2D eigenvalue weighted by atomic mass is 10.00. The minimum Gasteiger partial charge on any atom is -0.393 e. The Morgan fingerprint density at radius 1 is 1.40 bits per heavy atom. The highest BCUT2D eigenvalue weighted by Crippen LogP contribution is 2.38. The normalized spacial score (nSPS) is 38.2. The number of nitrogens with zero attached hydrogens (tertiary/aromatic N) is 1. The molecule has 1 saturated carbocycles. The molecule has 1 N–H and O–H groups in total. The summed E-state index contributed by atoms with van der Waals surface area (Å²) in [7, 11) is 0. The molecular weight excluding hydrogens is 254 g/mol. The fraction of sp³-hybridized carbons (Fsp3) is 1.00. The van der Waals surface area contributed by atoms with Crippen LogP contribution in [-0.4, -0.2) is 41.1 Å². The van der Waals surface area contributed by atoms with Gasteiger partial charge in [-0.3, -0.25) is 0 Å². The summed E-state index contributed by atoms with van der Waals surface area (Å²) in [6.07, 6.45) is 3.52. The molecule has 0 bridgehead atoms. The smallest absolute Gasteiger partial charge is 0.0583 e. The molecule has 0 amide bonds. The minimum atomic E-state index is -0.0101. The zero-order valence-corrected chi connectivity index (χ0v) is 11.1. The van der Waals surface area contributed by atoms with E-state index in [1.165, 1.54) is 25.9 Å². The van der Waals surface area contributed by atoms with Crippen LogP contribution < -0.4 is 0 Å². The first-order valence-electron chi connectivity index (χ1n) is 6.21. The molecule has 1 heterocycles. The van der Waals surface area contributed by atoms with Crippen LogP contribution in [-0.2, 0) is 0 Å². The van der Waals surface area contributed by atoms with Crippen molar-refractivity contribution < 1.29 is 5.11 Å². The summed E-state index contributed by atoms with van der Waals surface area (Å²) in [5.41, 5.74) is 0. The van der Waals surface area contributed by atoms with Gasteiger partial charge in [0.25, 0.3) is 0 Å². The van der Waals surface area contributed by atoms with Crippen LogP contribution in [0.2, 0.25) is 0 Å². The quantitative estimate of drug-likeness (QED) is 0.795. The Balaban J connectivity index is 1.83. The molecule has 0 aromatic heterocycles. The van der Waals surface area contributed by atoms with E-state index in [-0.39, 0.29) is 6.10 Å². The molecule has 88 valence electrons. The molecule has 4 atom stereocenters. The van der Waals surface area contributed by atoms with Crippen molar-refractivity contribution in [3.05, 3.63) is 0 Å². The second kappa shape index (κ2) is 5.15. The van der Waals surface area contributed by atoms with Crippen molar-refractivity contribution in [1.29, 1.82) is 0 Å². The number of halogens is 1. The van der Waals surface area contributed by atoms with Gasteiger partial charge in [-0.25, -0.2) is 0 Å². The molecule has 4 unspecified atom stereocenters. The van der Waals surface area contributed by atoms with Crippen LogP contribution in [0.25, 0.3) is 0 Å². The molecule has 3 heteroatoms. The zero-order chi connectivity index (χ0) is 10.8. The average molecular weight is 276 g/mol. The van der Waals surface area contributed by atoms with Gasteiger partial charge in [0.1, 0.15) is 0 Å². The monoisotopic (exact) mass is 275 g/mol. The lowest BCUT2D eigenvalue weighted by molar-refractivity contribution is 0.122. The molecule has 0 spiro atoms. The zero-order valence-electron chi connectivity index (χ0n) is 9.53. The lowest BCUT2D eigenvalue weighted by Crippen LogP contribution is -2.30. The van der Waals surface area contributed by atoms with E-state index in [2.05, 4.69) is 27.8 Å². The third kappa shape index (κ3) is 2.56. The first kappa shape index (κ1) is 11.9. The summed E-state index contributed by atoms with van der Waals surface area (Å²) in [5, 5.41) is 10.9. The van der Waals surface area contributed by atoms with Gasteiger partial charge in [0.15, 0.2) is 0 Å². The van der Waals surface area contributed by atoms with Crippen LogP contribution in [0.1, 0.15) is 26.2 Å². The second-order valence-corrected chi connectivity index (χ2v) is 5.86. The highest BCUT2D eigenvalue weighted by Gasteiger charge is 2.41. The van der Waals surface area contributed by atoms with E-state index < -0.39 is 0 Å². The topological polar surface area (TPSA) is 23.5 Å². The summed E-state index contributed by atoms with van der Waals surface area (Å²) < 4.78 is 0. The van der Waals surface area contributed by atoms with Gasteiger partial charge in [-0.15, -0.1) is 0 Å². The molecule has 2 rings (SSSR count). The first-order valence-corrected chi connectivity index (χ1v) is 7.33. The Hall–Kier alpha value is 0.400. The molecule has 1 aliphatic heterocycles. The van der Waals surface area contributed by atoms with E-state index in [9.17, 15) is 5.11 Å². The number of hydrogen-bond acceptors (Lipinski definition) is 2. The Morgan fingerprint density at radius 3 is 2.80 bits per heavy atom. The van der Waals surface area contributed by atoms with E-state index in [0.717, 1.165) is 30.1 Å². The fourth-order valence-corrected chi connectivity index (χ4v) is 3.79. The number of aliphatic hydroxyl groups is 1. The molecule has 1 aliphatic carbocycles. The summed E-state index contributed by atoms with van der Waals surface area (Å²) in [5.74, 6) is 2.15. The predicted octanol–water partition coefficient (Wildman–Crippen LogP) is 2.11. The maximum Gasteiger partial charge on any atom is 0.0583 e. The molecule has 0 radical (unpaired) electrons. The maximum atomic E-state index is 9.83. The van der Waals surface area contributed by atoms with E-state index in [0.29, 0.717) is 5.92 Å². The molecule has 15 heavy (non-hydrogen) atoms. The Bertz CT molecular complexity index is 206. The van der Waals surface area contributed by atoms with E-state index in [1.54, 1.807) is 0 Å². The number of alkyl halides is 1. The largest absolute Gasteiger partial charge is 0.393 e. The van der Waals surface area contributed by atoms with Crippen molar-refractivity contribution >= 4 is 15.9 Å². The van der Waals surface area contributed by atoms with Crippen molar-refractivity contribution in [3.63, 3.8) is 0 Å².